The Morgan fingerprint density at radius 1 is 1.29 bits per heavy atom. The maximum atomic E-state index is 12.4. The number of ether oxygens (including phenoxy) is 1. The Morgan fingerprint density at radius 2 is 2.04 bits per heavy atom. The van der Waals surface area contributed by atoms with Gasteiger partial charge in [0, 0.05) is 17.3 Å². The van der Waals surface area contributed by atoms with Gasteiger partial charge in [-0.15, -0.1) is 0 Å². The summed E-state index contributed by atoms with van der Waals surface area (Å²) in [6.07, 6.45) is 1.09. The number of nitrogens with zero attached hydrogens (tertiary/aromatic N) is 1. The molecule has 28 heavy (non-hydrogen) atoms. The monoisotopic (exact) mass is 401 g/mol. The van der Waals surface area contributed by atoms with Crippen molar-refractivity contribution in [2.24, 2.45) is 5.73 Å². The molecule has 0 radical (unpaired) electrons. The van der Waals surface area contributed by atoms with Crippen LogP contribution in [0.5, 0.6) is 5.75 Å². The number of benzene rings is 2. The average molecular weight is 402 g/mol. The summed E-state index contributed by atoms with van der Waals surface area (Å²) < 4.78 is 5.65. The first-order valence-corrected chi connectivity index (χ1v) is 9.65. The SMILES string of the molecule is CC(Oc1ccc(Cl)cc1)C(=O)Nc1cccc(CN2CCCC2C(N)=O)c1. The fourth-order valence-electron chi connectivity index (χ4n) is 3.33. The van der Waals surface area contributed by atoms with Crippen LogP contribution in [0.15, 0.2) is 48.5 Å². The number of primary amides is 1. The maximum absolute atomic E-state index is 12.4. The number of nitrogens with one attached hydrogen (secondary N) is 1. The quantitative estimate of drug-likeness (QED) is 0.746. The number of rotatable bonds is 7. The highest BCUT2D eigenvalue weighted by Gasteiger charge is 2.28. The minimum absolute atomic E-state index is 0.217. The first-order valence-electron chi connectivity index (χ1n) is 9.28. The zero-order valence-electron chi connectivity index (χ0n) is 15.7. The van der Waals surface area contributed by atoms with Gasteiger partial charge in [0.15, 0.2) is 6.10 Å². The van der Waals surface area contributed by atoms with E-state index in [1.54, 1.807) is 31.2 Å². The molecule has 1 saturated heterocycles. The lowest BCUT2D eigenvalue weighted by atomic mass is 10.1. The van der Waals surface area contributed by atoms with E-state index in [1.807, 2.05) is 24.3 Å². The third-order valence-corrected chi connectivity index (χ3v) is 5.02. The number of amides is 2. The first kappa shape index (κ1) is 20.2. The number of carbonyl (C=O) groups excluding carboxylic acids is 2. The van der Waals surface area contributed by atoms with Crippen molar-refractivity contribution in [1.82, 2.24) is 4.90 Å². The molecule has 2 amide bonds. The van der Waals surface area contributed by atoms with E-state index in [2.05, 4.69) is 10.2 Å². The van der Waals surface area contributed by atoms with Crippen LogP contribution in [-0.4, -0.2) is 35.4 Å². The largest absolute Gasteiger partial charge is 0.481 e. The van der Waals surface area contributed by atoms with Crippen molar-refractivity contribution < 1.29 is 14.3 Å². The Balaban J connectivity index is 1.59. The van der Waals surface area contributed by atoms with Crippen LogP contribution in [0, 0.1) is 0 Å². The minimum Gasteiger partial charge on any atom is -0.481 e. The molecular weight excluding hydrogens is 378 g/mol. The molecule has 2 atom stereocenters. The number of hydrogen-bond donors (Lipinski definition) is 2. The third-order valence-electron chi connectivity index (χ3n) is 4.77. The van der Waals surface area contributed by atoms with Crippen molar-refractivity contribution in [2.75, 3.05) is 11.9 Å². The molecule has 1 aliphatic rings. The van der Waals surface area contributed by atoms with Gasteiger partial charge in [0.25, 0.3) is 5.91 Å². The smallest absolute Gasteiger partial charge is 0.265 e. The lowest BCUT2D eigenvalue weighted by Gasteiger charge is -2.22. The summed E-state index contributed by atoms with van der Waals surface area (Å²) in [6.45, 7) is 3.15. The molecule has 1 fully saturated rings. The van der Waals surface area contributed by atoms with Crippen molar-refractivity contribution in [3.63, 3.8) is 0 Å². The summed E-state index contributed by atoms with van der Waals surface area (Å²) in [6, 6.07) is 14.2. The summed E-state index contributed by atoms with van der Waals surface area (Å²) in [4.78, 5) is 26.1. The second-order valence-electron chi connectivity index (χ2n) is 6.93. The highest BCUT2D eigenvalue weighted by Crippen LogP contribution is 2.22. The highest BCUT2D eigenvalue weighted by molar-refractivity contribution is 6.30. The predicted octanol–water partition coefficient (Wildman–Crippen LogP) is 3.20. The summed E-state index contributed by atoms with van der Waals surface area (Å²) in [5, 5.41) is 3.48. The van der Waals surface area contributed by atoms with Crippen molar-refractivity contribution in [3.8, 4) is 5.75 Å². The van der Waals surface area contributed by atoms with Gasteiger partial charge in [-0.2, -0.15) is 0 Å². The van der Waals surface area contributed by atoms with Crippen LogP contribution in [0.2, 0.25) is 5.02 Å². The first-order chi connectivity index (χ1) is 13.4. The number of likely N-dealkylation sites (tertiary alicyclic amines) is 1. The van der Waals surface area contributed by atoms with Crippen LogP contribution >= 0.6 is 11.6 Å². The van der Waals surface area contributed by atoms with Gasteiger partial charge in [-0.25, -0.2) is 0 Å². The Kier molecular flexibility index (Phi) is 6.54. The summed E-state index contributed by atoms with van der Waals surface area (Å²) in [7, 11) is 0. The van der Waals surface area contributed by atoms with E-state index >= 15 is 0 Å². The van der Waals surface area contributed by atoms with Crippen LogP contribution in [0.3, 0.4) is 0 Å². The van der Waals surface area contributed by atoms with Gasteiger partial charge in [-0.05, 0) is 68.3 Å². The third kappa shape index (κ3) is 5.24. The van der Waals surface area contributed by atoms with Gasteiger partial charge in [0.2, 0.25) is 5.91 Å². The fourth-order valence-corrected chi connectivity index (χ4v) is 3.46. The molecule has 148 valence electrons. The molecule has 7 heteroatoms. The highest BCUT2D eigenvalue weighted by atomic mass is 35.5. The second kappa shape index (κ2) is 9.08. The van der Waals surface area contributed by atoms with Crippen molar-refractivity contribution in [3.05, 3.63) is 59.1 Å². The number of nitrogens with two attached hydrogens (primary N) is 1. The zero-order valence-corrected chi connectivity index (χ0v) is 16.5. The molecule has 0 aliphatic carbocycles. The van der Waals surface area contributed by atoms with Crippen LogP contribution in [-0.2, 0) is 16.1 Å². The van der Waals surface area contributed by atoms with Crippen LogP contribution in [0.25, 0.3) is 0 Å². The average Bonchev–Trinajstić information content (AvgIpc) is 3.12. The van der Waals surface area contributed by atoms with E-state index in [9.17, 15) is 9.59 Å². The lowest BCUT2D eigenvalue weighted by Crippen LogP contribution is -2.39. The summed E-state index contributed by atoms with van der Waals surface area (Å²) in [5.74, 6) is 0.0470. The molecule has 3 rings (SSSR count). The van der Waals surface area contributed by atoms with Crippen LogP contribution < -0.4 is 15.8 Å². The molecule has 6 nitrogen and oxygen atoms in total. The number of carbonyl (C=O) groups is 2. The molecule has 0 saturated carbocycles. The maximum Gasteiger partial charge on any atom is 0.265 e. The molecule has 0 spiro atoms. The van der Waals surface area contributed by atoms with Gasteiger partial charge in [-0.3, -0.25) is 14.5 Å². The lowest BCUT2D eigenvalue weighted by molar-refractivity contribution is -0.122. The molecular formula is C21H24ClN3O3. The fraction of sp³-hybridized carbons (Fsp3) is 0.333. The zero-order chi connectivity index (χ0) is 20.1. The van der Waals surface area contributed by atoms with E-state index in [4.69, 9.17) is 22.1 Å². The van der Waals surface area contributed by atoms with Gasteiger partial charge in [0.1, 0.15) is 5.75 Å². The van der Waals surface area contributed by atoms with Crippen molar-refractivity contribution >= 4 is 29.1 Å². The number of anilines is 1. The van der Waals surface area contributed by atoms with Crippen LogP contribution in [0.4, 0.5) is 5.69 Å². The van der Waals surface area contributed by atoms with Gasteiger partial charge in [0.05, 0.1) is 6.04 Å². The molecule has 0 bridgehead atoms. The molecule has 1 aliphatic heterocycles. The van der Waals surface area contributed by atoms with E-state index in [-0.39, 0.29) is 17.9 Å². The predicted molar refractivity (Wildman–Crippen MR) is 109 cm³/mol. The van der Waals surface area contributed by atoms with E-state index < -0.39 is 6.10 Å². The van der Waals surface area contributed by atoms with Gasteiger partial charge < -0.3 is 15.8 Å². The van der Waals surface area contributed by atoms with Crippen molar-refractivity contribution in [2.45, 2.75) is 38.5 Å². The summed E-state index contributed by atoms with van der Waals surface area (Å²) >= 11 is 5.86. The van der Waals surface area contributed by atoms with Gasteiger partial charge in [-0.1, -0.05) is 23.7 Å². The van der Waals surface area contributed by atoms with E-state index in [1.165, 1.54) is 0 Å². The molecule has 1 heterocycles. The number of hydrogen-bond acceptors (Lipinski definition) is 4. The number of halogens is 1. The Labute approximate surface area is 169 Å². The molecule has 2 unspecified atom stereocenters. The Bertz CT molecular complexity index is 841. The standard InChI is InChI=1S/C21H24ClN3O3/c1-14(28-18-9-7-16(22)8-10-18)21(27)24-17-5-2-4-15(12-17)13-25-11-3-6-19(25)20(23)26/h2,4-5,7-10,12,14,19H,3,6,11,13H2,1H3,(H2,23,26)(H,24,27). The molecule has 3 N–H and O–H groups in total. The normalized spacial score (nSPS) is 17.9. The topological polar surface area (TPSA) is 84.7 Å². The van der Waals surface area contributed by atoms with E-state index in [0.717, 1.165) is 24.9 Å². The van der Waals surface area contributed by atoms with Crippen molar-refractivity contribution in [1.29, 1.82) is 0 Å². The van der Waals surface area contributed by atoms with Crippen LogP contribution in [0.1, 0.15) is 25.3 Å². The molecule has 0 aromatic heterocycles. The van der Waals surface area contributed by atoms with Gasteiger partial charge >= 0.3 is 0 Å². The van der Waals surface area contributed by atoms with E-state index in [0.29, 0.717) is 23.0 Å². The molecule has 2 aromatic carbocycles. The second-order valence-corrected chi connectivity index (χ2v) is 7.37. The Hall–Kier alpha value is -2.57. The Morgan fingerprint density at radius 3 is 2.75 bits per heavy atom. The summed E-state index contributed by atoms with van der Waals surface area (Å²) in [5.41, 5.74) is 7.18. The minimum atomic E-state index is -0.664. The molecule has 2 aromatic rings.